The van der Waals surface area contributed by atoms with Gasteiger partial charge in [0.05, 0.1) is 0 Å². The molecule has 0 aromatic heterocycles. The van der Waals surface area contributed by atoms with Crippen LogP contribution in [0.4, 0.5) is 0 Å². The number of halogens is 1. The van der Waals surface area contributed by atoms with Crippen molar-refractivity contribution in [3.63, 3.8) is 0 Å². The number of hydrogen-bond acceptors (Lipinski definition) is 1. The molecule has 1 aromatic carbocycles. The van der Waals surface area contributed by atoms with E-state index in [4.69, 9.17) is 0 Å². The first-order valence-corrected chi connectivity index (χ1v) is 9.88. The fourth-order valence-electron chi connectivity index (χ4n) is 3.60. The molecule has 0 bridgehead atoms. The third-order valence-corrected chi connectivity index (χ3v) is 5.17. The van der Waals surface area contributed by atoms with Gasteiger partial charge in [-0.1, -0.05) is 102 Å². The zero-order chi connectivity index (χ0) is 16.9. The van der Waals surface area contributed by atoms with Crippen LogP contribution in [0.1, 0.15) is 89.5 Å². The molecule has 0 amide bonds. The highest BCUT2D eigenvalue weighted by Crippen LogP contribution is 2.26. The molecule has 140 valence electrons. The van der Waals surface area contributed by atoms with Crippen LogP contribution in [0.3, 0.4) is 0 Å². The van der Waals surface area contributed by atoms with E-state index in [1.165, 1.54) is 69.8 Å². The van der Waals surface area contributed by atoms with E-state index in [0.29, 0.717) is 12.0 Å². The summed E-state index contributed by atoms with van der Waals surface area (Å²) in [6.45, 7) is 4.67. The monoisotopic (exact) mass is 353 g/mol. The fraction of sp³-hybridized carbons (Fsp3) is 0.727. The van der Waals surface area contributed by atoms with Gasteiger partial charge in [-0.2, -0.15) is 0 Å². The van der Waals surface area contributed by atoms with Gasteiger partial charge in [-0.05, 0) is 32.0 Å². The minimum atomic E-state index is 0. The molecule has 0 aliphatic carbocycles. The zero-order valence-electron chi connectivity index (χ0n) is 16.5. The smallest absolute Gasteiger partial charge is 0.0155 e. The van der Waals surface area contributed by atoms with Gasteiger partial charge in [-0.15, -0.1) is 12.4 Å². The molecule has 1 rings (SSSR count). The summed E-state index contributed by atoms with van der Waals surface area (Å²) in [6, 6.07) is 11.6. The summed E-state index contributed by atoms with van der Waals surface area (Å²) in [5.41, 5.74) is 1.47. The lowest BCUT2D eigenvalue weighted by Gasteiger charge is -2.30. The largest absolute Gasteiger partial charge is 0.306 e. The van der Waals surface area contributed by atoms with Crippen LogP contribution in [-0.2, 0) is 0 Å². The minimum Gasteiger partial charge on any atom is -0.306 e. The lowest BCUT2D eigenvalue weighted by atomic mass is 9.89. The molecule has 0 aliphatic rings. The van der Waals surface area contributed by atoms with Crippen LogP contribution in [0.25, 0.3) is 0 Å². The van der Waals surface area contributed by atoms with Crippen LogP contribution in [0.5, 0.6) is 0 Å². The van der Waals surface area contributed by atoms with E-state index in [1.54, 1.807) is 0 Å². The lowest BCUT2D eigenvalue weighted by molar-refractivity contribution is 0.240. The number of hydrogen-bond donors (Lipinski definition) is 0. The van der Waals surface area contributed by atoms with Crippen molar-refractivity contribution in [2.75, 3.05) is 14.1 Å². The molecule has 0 saturated carbocycles. The standard InChI is InChI=1S/C22H39N.ClH/c1-5-6-7-8-9-10-11-12-16-19-22(23(3)4)20(2)21-17-14-13-15-18-21;/h13-15,17-18,20,22H,5-12,16,19H2,1-4H3;1H. The van der Waals surface area contributed by atoms with Gasteiger partial charge >= 0.3 is 0 Å². The molecule has 0 saturated heterocycles. The number of benzene rings is 1. The third-order valence-electron chi connectivity index (χ3n) is 5.17. The quantitative estimate of drug-likeness (QED) is 0.343. The Morgan fingerprint density at radius 3 is 1.79 bits per heavy atom. The molecular weight excluding hydrogens is 314 g/mol. The molecule has 2 atom stereocenters. The molecule has 24 heavy (non-hydrogen) atoms. The molecule has 0 spiro atoms. The van der Waals surface area contributed by atoms with Crippen molar-refractivity contribution < 1.29 is 0 Å². The second-order valence-electron chi connectivity index (χ2n) is 7.35. The van der Waals surface area contributed by atoms with Crippen molar-refractivity contribution in [2.45, 2.75) is 90.0 Å². The van der Waals surface area contributed by atoms with E-state index >= 15 is 0 Å². The van der Waals surface area contributed by atoms with E-state index in [0.717, 1.165) is 0 Å². The van der Waals surface area contributed by atoms with Gasteiger partial charge in [-0.25, -0.2) is 0 Å². The van der Waals surface area contributed by atoms with Crippen LogP contribution < -0.4 is 0 Å². The Kier molecular flexibility index (Phi) is 14.5. The summed E-state index contributed by atoms with van der Waals surface area (Å²) in [6.07, 6.45) is 14.0. The Balaban J connectivity index is 0.00000529. The second kappa shape index (κ2) is 14.8. The van der Waals surface area contributed by atoms with Gasteiger partial charge in [0, 0.05) is 6.04 Å². The van der Waals surface area contributed by atoms with Crippen molar-refractivity contribution >= 4 is 12.4 Å². The first kappa shape index (κ1) is 23.5. The highest BCUT2D eigenvalue weighted by Gasteiger charge is 2.20. The molecule has 0 heterocycles. The Bertz CT molecular complexity index is 377. The number of nitrogens with zero attached hydrogens (tertiary/aromatic N) is 1. The van der Waals surface area contributed by atoms with Gasteiger partial charge in [0.25, 0.3) is 0 Å². The maximum absolute atomic E-state index is 2.42. The predicted molar refractivity (Wildman–Crippen MR) is 111 cm³/mol. The lowest BCUT2D eigenvalue weighted by Crippen LogP contribution is -2.32. The topological polar surface area (TPSA) is 3.24 Å². The first-order chi connectivity index (χ1) is 11.2. The van der Waals surface area contributed by atoms with Gasteiger partial charge < -0.3 is 4.90 Å². The highest BCUT2D eigenvalue weighted by molar-refractivity contribution is 5.85. The number of unbranched alkanes of at least 4 members (excludes halogenated alkanes) is 8. The molecule has 1 nitrogen and oxygen atoms in total. The molecule has 0 fully saturated rings. The Morgan fingerprint density at radius 1 is 0.792 bits per heavy atom. The van der Waals surface area contributed by atoms with Crippen molar-refractivity contribution in [3.8, 4) is 0 Å². The van der Waals surface area contributed by atoms with Crippen LogP contribution in [0.2, 0.25) is 0 Å². The molecule has 0 N–H and O–H groups in total. The average molecular weight is 354 g/mol. The SMILES string of the molecule is CCCCCCCCCCCC(C(C)c1ccccc1)N(C)C.Cl. The molecule has 1 aromatic rings. The van der Waals surface area contributed by atoms with Crippen LogP contribution >= 0.6 is 12.4 Å². The van der Waals surface area contributed by atoms with Gasteiger partial charge in [0.1, 0.15) is 0 Å². The predicted octanol–water partition coefficient (Wildman–Crippen LogP) is 7.06. The van der Waals surface area contributed by atoms with E-state index < -0.39 is 0 Å². The van der Waals surface area contributed by atoms with Crippen molar-refractivity contribution in [1.29, 1.82) is 0 Å². The van der Waals surface area contributed by atoms with Crippen LogP contribution in [0, 0.1) is 0 Å². The summed E-state index contributed by atoms with van der Waals surface area (Å²) in [4.78, 5) is 2.42. The Morgan fingerprint density at radius 2 is 1.29 bits per heavy atom. The second-order valence-corrected chi connectivity index (χ2v) is 7.35. The summed E-state index contributed by atoms with van der Waals surface area (Å²) in [7, 11) is 4.47. The van der Waals surface area contributed by atoms with Crippen molar-refractivity contribution in [1.82, 2.24) is 4.90 Å². The fourth-order valence-corrected chi connectivity index (χ4v) is 3.60. The third kappa shape index (κ3) is 9.69. The molecule has 0 radical (unpaired) electrons. The molecule has 0 aliphatic heterocycles. The number of likely N-dealkylation sites (N-methyl/N-ethyl adjacent to an activating group) is 1. The minimum absolute atomic E-state index is 0. The van der Waals surface area contributed by atoms with E-state index in [1.807, 2.05) is 0 Å². The summed E-state index contributed by atoms with van der Waals surface area (Å²) in [5, 5.41) is 0. The first-order valence-electron chi connectivity index (χ1n) is 9.88. The summed E-state index contributed by atoms with van der Waals surface area (Å²) >= 11 is 0. The van der Waals surface area contributed by atoms with Gasteiger partial charge in [0.2, 0.25) is 0 Å². The maximum Gasteiger partial charge on any atom is 0.0155 e. The Hall–Kier alpha value is -0.530. The molecular formula is C22H40ClN. The summed E-state index contributed by atoms with van der Waals surface area (Å²) in [5.74, 6) is 0.611. The van der Waals surface area contributed by atoms with Crippen LogP contribution in [0.15, 0.2) is 30.3 Å². The van der Waals surface area contributed by atoms with E-state index in [9.17, 15) is 0 Å². The van der Waals surface area contributed by atoms with Crippen molar-refractivity contribution in [2.24, 2.45) is 0 Å². The average Bonchev–Trinajstić information content (AvgIpc) is 2.56. The summed E-state index contributed by atoms with van der Waals surface area (Å²) < 4.78 is 0. The zero-order valence-corrected chi connectivity index (χ0v) is 17.3. The van der Waals surface area contributed by atoms with E-state index in [-0.39, 0.29) is 12.4 Å². The van der Waals surface area contributed by atoms with Gasteiger partial charge in [0.15, 0.2) is 0 Å². The van der Waals surface area contributed by atoms with Crippen LogP contribution in [-0.4, -0.2) is 25.0 Å². The molecule has 2 heteroatoms. The molecule has 2 unspecified atom stereocenters. The normalized spacial score (nSPS) is 13.5. The van der Waals surface area contributed by atoms with Gasteiger partial charge in [-0.3, -0.25) is 0 Å². The number of rotatable bonds is 13. The Labute approximate surface area is 157 Å². The van der Waals surface area contributed by atoms with E-state index in [2.05, 4.69) is 63.2 Å². The highest BCUT2D eigenvalue weighted by atomic mass is 35.5. The maximum atomic E-state index is 2.42. The van der Waals surface area contributed by atoms with Crippen molar-refractivity contribution in [3.05, 3.63) is 35.9 Å².